The molecule has 4 rings (SSSR count). The molecule has 1 aromatic heterocycles. The van der Waals surface area contributed by atoms with Crippen LogP contribution in [0.25, 0.3) is 0 Å². The van der Waals surface area contributed by atoms with Gasteiger partial charge in [0.05, 0.1) is 16.8 Å². The van der Waals surface area contributed by atoms with Crippen molar-refractivity contribution < 1.29 is 9.59 Å². The minimum Gasteiger partial charge on any atom is -0.354 e. The van der Waals surface area contributed by atoms with Crippen molar-refractivity contribution in [3.05, 3.63) is 53.0 Å². The molecular formula is C25H33N5O2. The van der Waals surface area contributed by atoms with Crippen LogP contribution in [0.1, 0.15) is 65.8 Å². The van der Waals surface area contributed by atoms with E-state index in [9.17, 15) is 9.59 Å². The van der Waals surface area contributed by atoms with Gasteiger partial charge in [0.1, 0.15) is 11.6 Å². The minimum atomic E-state index is -0.158. The van der Waals surface area contributed by atoms with Gasteiger partial charge in [0.25, 0.3) is 11.8 Å². The normalized spacial score (nSPS) is 17.2. The van der Waals surface area contributed by atoms with Crippen molar-refractivity contribution in [2.75, 3.05) is 44.2 Å². The molecule has 2 amide bonds. The van der Waals surface area contributed by atoms with Gasteiger partial charge < -0.3 is 4.90 Å². The number of rotatable bonds is 6. The number of anilines is 1. The Kier molecular flexibility index (Phi) is 6.29. The summed E-state index contributed by atoms with van der Waals surface area (Å²) >= 11 is 0. The number of aromatic nitrogens is 2. The first kappa shape index (κ1) is 22.4. The zero-order valence-electron chi connectivity index (χ0n) is 19.6. The number of carbonyl (C=O) groups excluding carboxylic acids is 2. The van der Waals surface area contributed by atoms with Crippen molar-refractivity contribution in [3.8, 4) is 0 Å². The van der Waals surface area contributed by atoms with Crippen molar-refractivity contribution in [3.63, 3.8) is 0 Å². The van der Waals surface area contributed by atoms with Crippen LogP contribution in [0.3, 0.4) is 0 Å². The van der Waals surface area contributed by atoms with Crippen molar-refractivity contribution in [2.24, 2.45) is 0 Å². The van der Waals surface area contributed by atoms with Crippen LogP contribution >= 0.6 is 0 Å². The van der Waals surface area contributed by atoms with Gasteiger partial charge in [-0.05, 0) is 38.4 Å². The second kappa shape index (κ2) is 8.98. The highest BCUT2D eigenvalue weighted by molar-refractivity contribution is 6.21. The number of hydrogen-bond donors (Lipinski definition) is 0. The predicted molar refractivity (Wildman–Crippen MR) is 125 cm³/mol. The lowest BCUT2D eigenvalue weighted by Gasteiger charge is -2.36. The Morgan fingerprint density at radius 1 is 0.875 bits per heavy atom. The average molecular weight is 436 g/mol. The number of aryl methyl sites for hydroxylation is 1. The van der Waals surface area contributed by atoms with Crippen LogP contribution in [0.5, 0.6) is 0 Å². The molecule has 170 valence electrons. The Hall–Kier alpha value is -2.80. The van der Waals surface area contributed by atoms with E-state index in [0.717, 1.165) is 62.9 Å². The van der Waals surface area contributed by atoms with Gasteiger partial charge in [-0.3, -0.25) is 19.4 Å². The summed E-state index contributed by atoms with van der Waals surface area (Å²) < 4.78 is 0. The molecular weight excluding hydrogens is 402 g/mol. The van der Waals surface area contributed by atoms with E-state index in [1.54, 1.807) is 24.3 Å². The van der Waals surface area contributed by atoms with E-state index in [0.29, 0.717) is 17.7 Å². The van der Waals surface area contributed by atoms with E-state index in [1.165, 1.54) is 4.90 Å². The number of amides is 2. The average Bonchev–Trinajstić information content (AvgIpc) is 3.01. The lowest BCUT2D eigenvalue weighted by atomic mass is 9.92. The van der Waals surface area contributed by atoms with Crippen molar-refractivity contribution >= 4 is 17.6 Å². The summed E-state index contributed by atoms with van der Waals surface area (Å²) in [6.45, 7) is 13.8. The van der Waals surface area contributed by atoms with Gasteiger partial charge in [-0.15, -0.1) is 0 Å². The number of nitrogens with zero attached hydrogens (tertiary/aromatic N) is 5. The summed E-state index contributed by atoms with van der Waals surface area (Å²) in [7, 11) is 0. The molecule has 0 radical (unpaired) electrons. The van der Waals surface area contributed by atoms with Gasteiger partial charge >= 0.3 is 0 Å². The highest BCUT2D eigenvalue weighted by atomic mass is 16.2. The summed E-state index contributed by atoms with van der Waals surface area (Å²) in [4.78, 5) is 40.4. The number of imide groups is 1. The maximum atomic E-state index is 12.5. The summed E-state index contributed by atoms with van der Waals surface area (Å²) in [5.74, 6) is 1.53. The third-order valence-corrected chi connectivity index (χ3v) is 6.27. The Morgan fingerprint density at radius 2 is 1.47 bits per heavy atom. The molecule has 7 heteroatoms. The van der Waals surface area contributed by atoms with Crippen LogP contribution in [-0.4, -0.2) is 70.9 Å². The van der Waals surface area contributed by atoms with E-state index in [2.05, 4.69) is 46.6 Å². The van der Waals surface area contributed by atoms with Crippen molar-refractivity contribution in [1.29, 1.82) is 0 Å². The van der Waals surface area contributed by atoms with Crippen LogP contribution in [0.2, 0.25) is 0 Å². The number of benzene rings is 1. The molecule has 0 N–H and O–H groups in total. The van der Waals surface area contributed by atoms with Crippen LogP contribution in [0, 0.1) is 6.92 Å². The topological polar surface area (TPSA) is 69.6 Å². The predicted octanol–water partition coefficient (Wildman–Crippen LogP) is 3.28. The van der Waals surface area contributed by atoms with E-state index < -0.39 is 0 Å². The van der Waals surface area contributed by atoms with E-state index in [4.69, 9.17) is 0 Å². The van der Waals surface area contributed by atoms with E-state index >= 15 is 0 Å². The molecule has 2 aliphatic rings. The lowest BCUT2D eigenvalue weighted by molar-refractivity contribution is 0.0650. The van der Waals surface area contributed by atoms with Gasteiger partial charge in [-0.1, -0.05) is 32.9 Å². The molecule has 7 nitrogen and oxygen atoms in total. The molecule has 2 aromatic rings. The van der Waals surface area contributed by atoms with Crippen LogP contribution in [0.4, 0.5) is 5.82 Å². The molecule has 0 saturated carbocycles. The fourth-order valence-corrected chi connectivity index (χ4v) is 4.35. The Bertz CT molecular complexity index is 971. The first-order chi connectivity index (χ1) is 15.2. The van der Waals surface area contributed by atoms with Gasteiger partial charge in [-0.25, -0.2) is 9.97 Å². The van der Waals surface area contributed by atoms with Crippen LogP contribution in [0.15, 0.2) is 30.3 Å². The maximum absolute atomic E-state index is 12.5. The van der Waals surface area contributed by atoms with Gasteiger partial charge in [0, 0.05) is 44.2 Å². The van der Waals surface area contributed by atoms with Crippen molar-refractivity contribution in [1.82, 2.24) is 19.8 Å². The third-order valence-electron chi connectivity index (χ3n) is 6.27. The Labute approximate surface area is 190 Å². The molecule has 2 aliphatic heterocycles. The largest absolute Gasteiger partial charge is 0.354 e. The molecule has 0 spiro atoms. The fourth-order valence-electron chi connectivity index (χ4n) is 4.35. The molecule has 3 heterocycles. The maximum Gasteiger partial charge on any atom is 0.261 e. The quantitative estimate of drug-likeness (QED) is 0.512. The molecule has 1 saturated heterocycles. The summed E-state index contributed by atoms with van der Waals surface area (Å²) in [5, 5.41) is 0. The fraction of sp³-hybridized carbons (Fsp3) is 0.520. The molecule has 0 unspecified atom stereocenters. The molecule has 0 atom stereocenters. The number of piperazine rings is 1. The second-order valence-electron chi connectivity index (χ2n) is 9.75. The lowest BCUT2D eigenvalue weighted by Crippen LogP contribution is -2.47. The highest BCUT2D eigenvalue weighted by Gasteiger charge is 2.34. The summed E-state index contributed by atoms with van der Waals surface area (Å²) in [5.41, 5.74) is 2.14. The monoisotopic (exact) mass is 435 g/mol. The number of fused-ring (bicyclic) bond motifs is 1. The smallest absolute Gasteiger partial charge is 0.261 e. The second-order valence-corrected chi connectivity index (χ2v) is 9.75. The van der Waals surface area contributed by atoms with E-state index in [-0.39, 0.29) is 17.2 Å². The zero-order valence-corrected chi connectivity index (χ0v) is 19.6. The van der Waals surface area contributed by atoms with Gasteiger partial charge in [0.15, 0.2) is 0 Å². The summed E-state index contributed by atoms with van der Waals surface area (Å²) in [6, 6.07) is 9.21. The first-order valence-corrected chi connectivity index (χ1v) is 11.5. The highest BCUT2D eigenvalue weighted by Crippen LogP contribution is 2.25. The Morgan fingerprint density at radius 3 is 2.06 bits per heavy atom. The molecule has 1 aromatic carbocycles. The zero-order chi connectivity index (χ0) is 22.9. The Balaban J connectivity index is 1.23. The van der Waals surface area contributed by atoms with E-state index in [1.807, 2.05) is 6.92 Å². The van der Waals surface area contributed by atoms with Crippen LogP contribution in [-0.2, 0) is 5.41 Å². The van der Waals surface area contributed by atoms with Crippen molar-refractivity contribution in [2.45, 2.75) is 46.0 Å². The number of carbonyl (C=O) groups is 2. The summed E-state index contributed by atoms with van der Waals surface area (Å²) in [6.07, 6.45) is 1.79. The standard InChI is InChI=1S/C25H33N5O2/c1-18-26-21(25(2,3)4)17-22(27-18)29-15-13-28(14-16-29)11-7-8-12-30-23(31)19-9-5-6-10-20(19)24(30)32/h5-6,9-10,17H,7-8,11-16H2,1-4H3. The van der Waals surface area contributed by atoms with Gasteiger partial charge in [0.2, 0.25) is 0 Å². The number of hydrogen-bond acceptors (Lipinski definition) is 6. The SMILES string of the molecule is Cc1nc(N2CCN(CCCCN3C(=O)c4ccccc4C3=O)CC2)cc(C(C)(C)C)n1. The van der Waals surface area contributed by atoms with Crippen LogP contribution < -0.4 is 4.90 Å². The molecule has 1 fully saturated rings. The third kappa shape index (κ3) is 4.67. The molecule has 0 bridgehead atoms. The number of unbranched alkanes of at least 4 members (excludes halogenated alkanes) is 1. The minimum absolute atomic E-state index is 0.00372. The molecule has 32 heavy (non-hydrogen) atoms. The molecule has 0 aliphatic carbocycles. The van der Waals surface area contributed by atoms with Gasteiger partial charge in [-0.2, -0.15) is 0 Å². The first-order valence-electron chi connectivity index (χ1n) is 11.5.